The second-order valence-corrected chi connectivity index (χ2v) is 7.43. The minimum Gasteiger partial charge on any atom is -0.389 e. The van der Waals surface area contributed by atoms with Crippen LogP contribution in [0, 0.1) is 5.92 Å². The first-order valence-electron chi connectivity index (χ1n) is 7.99. The van der Waals surface area contributed by atoms with E-state index >= 15 is 0 Å². The molecule has 2 saturated heterocycles. The third-order valence-electron chi connectivity index (χ3n) is 5.14. The first-order chi connectivity index (χ1) is 10.1. The largest absolute Gasteiger partial charge is 0.389 e. The van der Waals surface area contributed by atoms with E-state index in [2.05, 4.69) is 44.9 Å². The molecule has 1 aromatic rings. The van der Waals surface area contributed by atoms with Gasteiger partial charge in [0.2, 0.25) is 0 Å². The molecule has 0 amide bonds. The number of likely N-dealkylation sites (tertiary alicyclic amines) is 1. The van der Waals surface area contributed by atoms with Crippen molar-refractivity contribution in [3.8, 4) is 0 Å². The van der Waals surface area contributed by atoms with Gasteiger partial charge in [-0.15, -0.1) is 0 Å². The SMILES string of the molecule is C[C@@H](O)c1ccc(N2CCC3C(CCCN3C)C2)c(Br)c1. The predicted octanol–water partition coefficient (Wildman–Crippen LogP) is 3.42. The fourth-order valence-corrected chi connectivity index (χ4v) is 4.56. The first-order valence-corrected chi connectivity index (χ1v) is 8.78. The Labute approximate surface area is 136 Å². The molecule has 0 bridgehead atoms. The fraction of sp³-hybridized carbons (Fsp3) is 0.647. The van der Waals surface area contributed by atoms with Crippen LogP contribution in [0.1, 0.15) is 37.9 Å². The van der Waals surface area contributed by atoms with Crippen LogP contribution in [-0.4, -0.2) is 42.7 Å². The van der Waals surface area contributed by atoms with Gasteiger partial charge in [0.05, 0.1) is 11.8 Å². The minimum absolute atomic E-state index is 0.409. The van der Waals surface area contributed by atoms with Gasteiger partial charge in [-0.1, -0.05) is 6.07 Å². The number of aliphatic hydroxyl groups is 1. The lowest BCUT2D eigenvalue weighted by atomic mass is 9.84. The third kappa shape index (κ3) is 3.13. The molecular weight excluding hydrogens is 328 g/mol. The van der Waals surface area contributed by atoms with Gasteiger partial charge in [0, 0.05) is 23.6 Å². The van der Waals surface area contributed by atoms with Crippen LogP contribution in [-0.2, 0) is 0 Å². The summed E-state index contributed by atoms with van der Waals surface area (Å²) in [6, 6.07) is 7.02. The van der Waals surface area contributed by atoms with Crippen LogP contribution < -0.4 is 4.90 Å². The Balaban J connectivity index is 1.76. The van der Waals surface area contributed by atoms with Crippen molar-refractivity contribution in [3.63, 3.8) is 0 Å². The van der Waals surface area contributed by atoms with Crippen LogP contribution in [0.4, 0.5) is 5.69 Å². The maximum Gasteiger partial charge on any atom is 0.0762 e. The van der Waals surface area contributed by atoms with E-state index in [9.17, 15) is 5.11 Å². The van der Waals surface area contributed by atoms with Gasteiger partial charge in [-0.3, -0.25) is 0 Å². The summed E-state index contributed by atoms with van der Waals surface area (Å²) in [5, 5.41) is 9.69. The Bertz CT molecular complexity index is 506. The van der Waals surface area contributed by atoms with Gasteiger partial charge in [-0.2, -0.15) is 0 Å². The summed E-state index contributed by atoms with van der Waals surface area (Å²) in [6.45, 7) is 5.35. The summed E-state index contributed by atoms with van der Waals surface area (Å²) in [4.78, 5) is 5.06. The highest BCUT2D eigenvalue weighted by Gasteiger charge is 2.34. The first kappa shape index (κ1) is 15.3. The molecule has 0 radical (unpaired) electrons. The molecule has 1 N–H and O–H groups in total. The molecule has 2 heterocycles. The Morgan fingerprint density at radius 2 is 2.10 bits per heavy atom. The fourth-order valence-electron chi connectivity index (χ4n) is 3.91. The van der Waals surface area contributed by atoms with Gasteiger partial charge in [0.1, 0.15) is 0 Å². The zero-order chi connectivity index (χ0) is 15.0. The molecule has 0 spiro atoms. The highest BCUT2D eigenvalue weighted by molar-refractivity contribution is 9.10. The normalized spacial score (nSPS) is 28.3. The molecule has 1 aromatic carbocycles. The van der Waals surface area contributed by atoms with Crippen molar-refractivity contribution in [2.75, 3.05) is 31.6 Å². The van der Waals surface area contributed by atoms with Crippen molar-refractivity contribution < 1.29 is 5.11 Å². The van der Waals surface area contributed by atoms with E-state index in [1.165, 1.54) is 31.5 Å². The molecule has 2 fully saturated rings. The predicted molar refractivity (Wildman–Crippen MR) is 90.7 cm³/mol. The van der Waals surface area contributed by atoms with Crippen LogP contribution in [0.25, 0.3) is 0 Å². The molecule has 3 atom stereocenters. The van der Waals surface area contributed by atoms with Gasteiger partial charge in [0.15, 0.2) is 0 Å². The minimum atomic E-state index is -0.409. The van der Waals surface area contributed by atoms with E-state index in [4.69, 9.17) is 0 Å². The molecule has 2 aliphatic heterocycles. The topological polar surface area (TPSA) is 26.7 Å². The van der Waals surface area contributed by atoms with E-state index in [1.54, 1.807) is 0 Å². The van der Waals surface area contributed by atoms with E-state index in [-0.39, 0.29) is 0 Å². The number of halogens is 1. The molecule has 0 aromatic heterocycles. The lowest BCUT2D eigenvalue weighted by Gasteiger charge is -2.46. The van der Waals surface area contributed by atoms with E-state index in [0.717, 1.165) is 35.1 Å². The van der Waals surface area contributed by atoms with Crippen LogP contribution in [0.15, 0.2) is 22.7 Å². The number of anilines is 1. The summed E-state index contributed by atoms with van der Waals surface area (Å²) in [6.07, 6.45) is 3.53. The Morgan fingerprint density at radius 1 is 1.29 bits per heavy atom. The number of aliphatic hydroxyl groups excluding tert-OH is 1. The maximum atomic E-state index is 9.69. The average Bonchev–Trinajstić information content (AvgIpc) is 2.47. The highest BCUT2D eigenvalue weighted by atomic mass is 79.9. The van der Waals surface area contributed by atoms with E-state index in [0.29, 0.717) is 0 Å². The second-order valence-electron chi connectivity index (χ2n) is 6.57. The van der Waals surface area contributed by atoms with Crippen molar-refractivity contribution >= 4 is 21.6 Å². The summed E-state index contributed by atoms with van der Waals surface area (Å²) in [7, 11) is 2.28. The summed E-state index contributed by atoms with van der Waals surface area (Å²) >= 11 is 3.69. The summed E-state index contributed by atoms with van der Waals surface area (Å²) < 4.78 is 1.10. The zero-order valence-electron chi connectivity index (χ0n) is 12.9. The number of piperidine rings is 2. The van der Waals surface area contributed by atoms with Gasteiger partial charge in [-0.05, 0) is 79.3 Å². The van der Waals surface area contributed by atoms with E-state index in [1.807, 2.05) is 13.0 Å². The number of hydrogen-bond acceptors (Lipinski definition) is 3. The third-order valence-corrected chi connectivity index (χ3v) is 5.78. The molecule has 116 valence electrons. The van der Waals surface area contributed by atoms with Gasteiger partial charge in [0.25, 0.3) is 0 Å². The van der Waals surface area contributed by atoms with Crippen molar-refractivity contribution in [1.82, 2.24) is 4.90 Å². The average molecular weight is 353 g/mol. The lowest BCUT2D eigenvalue weighted by Crippen LogP contribution is -2.52. The Kier molecular flexibility index (Phi) is 4.57. The molecule has 0 saturated carbocycles. The van der Waals surface area contributed by atoms with Crippen LogP contribution in [0.5, 0.6) is 0 Å². The highest BCUT2D eigenvalue weighted by Crippen LogP contribution is 2.35. The molecule has 4 heteroatoms. The molecule has 3 nitrogen and oxygen atoms in total. The maximum absolute atomic E-state index is 9.69. The molecule has 2 unspecified atom stereocenters. The molecule has 3 rings (SSSR count). The molecule has 0 aliphatic carbocycles. The molecule has 21 heavy (non-hydrogen) atoms. The standard InChI is InChI=1S/C17H25BrN2O/c1-12(21)13-5-6-17(15(18)10-13)20-9-7-16-14(11-20)4-3-8-19(16)2/h5-6,10,12,14,16,21H,3-4,7-9,11H2,1-2H3/t12-,14?,16?/m1/s1. The van der Waals surface area contributed by atoms with Gasteiger partial charge < -0.3 is 14.9 Å². The second kappa shape index (κ2) is 6.27. The van der Waals surface area contributed by atoms with Gasteiger partial charge in [-0.25, -0.2) is 0 Å². The summed E-state index contributed by atoms with van der Waals surface area (Å²) in [5.41, 5.74) is 2.24. The van der Waals surface area contributed by atoms with Crippen LogP contribution in [0.2, 0.25) is 0 Å². The Hall–Kier alpha value is -0.580. The number of hydrogen-bond donors (Lipinski definition) is 1. The van der Waals surface area contributed by atoms with Crippen LogP contribution in [0.3, 0.4) is 0 Å². The van der Waals surface area contributed by atoms with E-state index < -0.39 is 6.10 Å². The van der Waals surface area contributed by atoms with Gasteiger partial charge >= 0.3 is 0 Å². The van der Waals surface area contributed by atoms with Crippen molar-refractivity contribution in [2.24, 2.45) is 5.92 Å². The molecule has 2 aliphatic rings. The lowest BCUT2D eigenvalue weighted by molar-refractivity contribution is 0.102. The summed E-state index contributed by atoms with van der Waals surface area (Å²) in [5.74, 6) is 0.792. The zero-order valence-corrected chi connectivity index (χ0v) is 14.5. The Morgan fingerprint density at radius 3 is 2.81 bits per heavy atom. The van der Waals surface area contributed by atoms with Crippen molar-refractivity contribution in [2.45, 2.75) is 38.3 Å². The number of rotatable bonds is 2. The number of fused-ring (bicyclic) bond motifs is 1. The molecular formula is C17H25BrN2O. The van der Waals surface area contributed by atoms with Crippen molar-refractivity contribution in [3.05, 3.63) is 28.2 Å². The monoisotopic (exact) mass is 352 g/mol. The number of nitrogens with zero attached hydrogens (tertiary/aromatic N) is 2. The quantitative estimate of drug-likeness (QED) is 0.883. The number of benzene rings is 1. The van der Waals surface area contributed by atoms with Crippen molar-refractivity contribution in [1.29, 1.82) is 0 Å². The smallest absolute Gasteiger partial charge is 0.0762 e. The van der Waals surface area contributed by atoms with Crippen LogP contribution >= 0.6 is 15.9 Å².